The van der Waals surface area contributed by atoms with Gasteiger partial charge in [-0.15, -0.1) is 0 Å². The van der Waals surface area contributed by atoms with Crippen molar-refractivity contribution in [3.63, 3.8) is 0 Å². The number of benzene rings is 1. The molecule has 13 heavy (non-hydrogen) atoms. The van der Waals surface area contributed by atoms with Crippen LogP contribution in [0.15, 0.2) is 18.2 Å². The Bertz CT molecular complexity index is 310. The molecule has 3 heteroatoms. The molecule has 2 rings (SSSR count). The van der Waals surface area contributed by atoms with E-state index in [0.717, 1.165) is 13.0 Å². The third-order valence-electron chi connectivity index (χ3n) is 2.40. The number of rotatable bonds is 2. The first-order valence-corrected chi connectivity index (χ1v) is 4.38. The Morgan fingerprint density at radius 3 is 2.85 bits per heavy atom. The van der Waals surface area contributed by atoms with Gasteiger partial charge in [-0.3, -0.25) is 0 Å². The summed E-state index contributed by atoms with van der Waals surface area (Å²) >= 11 is 0. The number of ether oxygens (including phenoxy) is 1. The molecular weight excluding hydrogens is 169 g/mol. The number of nitrogens with one attached hydrogen (secondary N) is 1. The molecule has 2 nitrogen and oxygen atoms in total. The third kappa shape index (κ3) is 1.52. The van der Waals surface area contributed by atoms with Crippen LogP contribution in [0.5, 0.6) is 5.75 Å². The van der Waals surface area contributed by atoms with Gasteiger partial charge in [0.1, 0.15) is 11.6 Å². The maximum absolute atomic E-state index is 13.3. The Balaban J connectivity index is 2.30. The standard InChI is InChI=1S/C10H12FNO/c1-13-7-2-3-9(11)8(6-7)10-4-5-12-10/h2-3,6,10,12H,4-5H2,1H3. The lowest BCUT2D eigenvalue weighted by Gasteiger charge is -2.28. The molecule has 0 radical (unpaired) electrons. The minimum atomic E-state index is -0.155. The highest BCUT2D eigenvalue weighted by atomic mass is 19.1. The molecule has 0 aromatic heterocycles. The van der Waals surface area contributed by atoms with Gasteiger partial charge in [-0.1, -0.05) is 0 Å². The Morgan fingerprint density at radius 2 is 2.31 bits per heavy atom. The van der Waals surface area contributed by atoms with E-state index in [4.69, 9.17) is 4.74 Å². The summed E-state index contributed by atoms with van der Waals surface area (Å²) in [5.41, 5.74) is 0.714. The van der Waals surface area contributed by atoms with Gasteiger partial charge in [0.05, 0.1) is 7.11 Å². The molecule has 70 valence electrons. The second-order valence-corrected chi connectivity index (χ2v) is 3.18. The molecule has 1 atom stereocenters. The first-order chi connectivity index (χ1) is 6.31. The van der Waals surface area contributed by atoms with E-state index < -0.39 is 0 Å². The lowest BCUT2D eigenvalue weighted by Crippen LogP contribution is -2.35. The van der Waals surface area contributed by atoms with Crippen molar-refractivity contribution in [2.75, 3.05) is 13.7 Å². The average Bonchev–Trinajstić information content (AvgIpc) is 2.06. The monoisotopic (exact) mass is 181 g/mol. The zero-order valence-corrected chi connectivity index (χ0v) is 7.51. The molecule has 1 aromatic rings. The van der Waals surface area contributed by atoms with E-state index in [-0.39, 0.29) is 11.9 Å². The van der Waals surface area contributed by atoms with Crippen molar-refractivity contribution >= 4 is 0 Å². The molecule has 0 aliphatic carbocycles. The van der Waals surface area contributed by atoms with Crippen molar-refractivity contribution in [2.45, 2.75) is 12.5 Å². The van der Waals surface area contributed by atoms with Gasteiger partial charge in [-0.25, -0.2) is 4.39 Å². The van der Waals surface area contributed by atoms with E-state index >= 15 is 0 Å². The molecule has 0 spiro atoms. The molecular formula is C10H12FNO. The van der Waals surface area contributed by atoms with Crippen molar-refractivity contribution in [1.29, 1.82) is 0 Å². The summed E-state index contributed by atoms with van der Waals surface area (Å²) in [4.78, 5) is 0. The quantitative estimate of drug-likeness (QED) is 0.752. The van der Waals surface area contributed by atoms with Crippen LogP contribution in [0.3, 0.4) is 0 Å². The largest absolute Gasteiger partial charge is 0.497 e. The summed E-state index contributed by atoms with van der Waals surface area (Å²) in [6.45, 7) is 0.974. The molecule has 1 saturated heterocycles. The lowest BCUT2D eigenvalue weighted by molar-refractivity contribution is 0.365. The molecule has 0 saturated carbocycles. The maximum atomic E-state index is 13.3. The topological polar surface area (TPSA) is 21.3 Å². The Morgan fingerprint density at radius 1 is 1.54 bits per heavy atom. The minimum Gasteiger partial charge on any atom is -0.497 e. The molecule has 1 unspecified atom stereocenters. The van der Waals surface area contributed by atoms with Gasteiger partial charge in [-0.2, -0.15) is 0 Å². The van der Waals surface area contributed by atoms with Gasteiger partial charge in [0.15, 0.2) is 0 Å². The predicted octanol–water partition coefficient (Wildman–Crippen LogP) is 1.87. The second kappa shape index (κ2) is 3.34. The van der Waals surface area contributed by atoms with Crippen LogP contribution in [-0.4, -0.2) is 13.7 Å². The molecule has 1 aliphatic rings. The summed E-state index contributed by atoms with van der Waals surface area (Å²) in [6, 6.07) is 5.02. The highest BCUT2D eigenvalue weighted by Gasteiger charge is 2.21. The van der Waals surface area contributed by atoms with Crippen molar-refractivity contribution in [3.05, 3.63) is 29.6 Å². The van der Waals surface area contributed by atoms with Gasteiger partial charge in [0, 0.05) is 11.6 Å². The van der Waals surface area contributed by atoms with Crippen LogP contribution in [0.2, 0.25) is 0 Å². The van der Waals surface area contributed by atoms with Crippen LogP contribution in [-0.2, 0) is 0 Å². The van der Waals surface area contributed by atoms with Crippen molar-refractivity contribution in [1.82, 2.24) is 5.32 Å². The number of hydrogen-bond acceptors (Lipinski definition) is 2. The predicted molar refractivity (Wildman–Crippen MR) is 48.3 cm³/mol. The van der Waals surface area contributed by atoms with E-state index in [2.05, 4.69) is 5.32 Å². The van der Waals surface area contributed by atoms with Gasteiger partial charge in [-0.05, 0) is 31.2 Å². The van der Waals surface area contributed by atoms with Crippen LogP contribution in [0, 0.1) is 5.82 Å². The zero-order chi connectivity index (χ0) is 9.26. The first kappa shape index (κ1) is 8.51. The van der Waals surface area contributed by atoms with E-state index in [1.165, 1.54) is 6.07 Å². The minimum absolute atomic E-state index is 0.155. The van der Waals surface area contributed by atoms with E-state index in [9.17, 15) is 4.39 Å². The number of halogens is 1. The zero-order valence-electron chi connectivity index (χ0n) is 7.51. The Kier molecular flexibility index (Phi) is 2.19. The number of hydrogen-bond donors (Lipinski definition) is 1. The van der Waals surface area contributed by atoms with E-state index in [1.54, 1.807) is 19.2 Å². The van der Waals surface area contributed by atoms with E-state index in [0.29, 0.717) is 11.3 Å². The van der Waals surface area contributed by atoms with Crippen LogP contribution < -0.4 is 10.1 Å². The Labute approximate surface area is 76.7 Å². The summed E-state index contributed by atoms with van der Waals surface area (Å²) in [7, 11) is 1.59. The van der Waals surface area contributed by atoms with Gasteiger partial charge >= 0.3 is 0 Å². The molecule has 1 aliphatic heterocycles. The van der Waals surface area contributed by atoms with Crippen LogP contribution >= 0.6 is 0 Å². The van der Waals surface area contributed by atoms with Crippen molar-refractivity contribution in [3.8, 4) is 5.75 Å². The molecule has 0 amide bonds. The Hall–Kier alpha value is -1.09. The normalized spacial score (nSPS) is 20.9. The summed E-state index contributed by atoms with van der Waals surface area (Å²) in [5.74, 6) is 0.558. The fraction of sp³-hybridized carbons (Fsp3) is 0.400. The van der Waals surface area contributed by atoms with Gasteiger partial charge < -0.3 is 10.1 Å². The first-order valence-electron chi connectivity index (χ1n) is 4.38. The molecule has 1 N–H and O–H groups in total. The smallest absolute Gasteiger partial charge is 0.128 e. The molecule has 1 heterocycles. The van der Waals surface area contributed by atoms with Crippen LogP contribution in [0.1, 0.15) is 18.0 Å². The summed E-state index contributed by atoms with van der Waals surface area (Å²) in [6.07, 6.45) is 1.00. The van der Waals surface area contributed by atoms with Crippen LogP contribution in [0.25, 0.3) is 0 Å². The maximum Gasteiger partial charge on any atom is 0.128 e. The third-order valence-corrected chi connectivity index (χ3v) is 2.40. The van der Waals surface area contributed by atoms with Gasteiger partial charge in [0.2, 0.25) is 0 Å². The van der Waals surface area contributed by atoms with Crippen molar-refractivity contribution in [2.24, 2.45) is 0 Å². The highest BCUT2D eigenvalue weighted by molar-refractivity contribution is 5.32. The summed E-state index contributed by atoms with van der Waals surface area (Å²) < 4.78 is 18.3. The average molecular weight is 181 g/mol. The van der Waals surface area contributed by atoms with E-state index in [1.807, 2.05) is 0 Å². The number of methoxy groups -OCH3 is 1. The second-order valence-electron chi connectivity index (χ2n) is 3.18. The molecule has 0 bridgehead atoms. The molecule has 1 fully saturated rings. The fourth-order valence-corrected chi connectivity index (χ4v) is 1.47. The summed E-state index contributed by atoms with van der Waals surface area (Å²) in [5, 5.41) is 3.16. The van der Waals surface area contributed by atoms with Crippen molar-refractivity contribution < 1.29 is 9.13 Å². The molecule has 1 aromatic carbocycles. The lowest BCUT2D eigenvalue weighted by atomic mass is 9.97. The van der Waals surface area contributed by atoms with Crippen LogP contribution in [0.4, 0.5) is 4.39 Å². The SMILES string of the molecule is COc1ccc(F)c(C2CCN2)c1. The highest BCUT2D eigenvalue weighted by Crippen LogP contribution is 2.28. The fourth-order valence-electron chi connectivity index (χ4n) is 1.47. The van der Waals surface area contributed by atoms with Gasteiger partial charge in [0.25, 0.3) is 0 Å².